The molecule has 0 atom stereocenters. The molecular formula is C16H40Br3N3. The van der Waals surface area contributed by atoms with E-state index >= 15 is 0 Å². The first-order valence-corrected chi connectivity index (χ1v) is 8.52. The summed E-state index contributed by atoms with van der Waals surface area (Å²) in [7, 11) is 0. The zero-order valence-corrected chi connectivity index (χ0v) is 19.3. The average Bonchev–Trinajstić information content (AvgIpc) is 2.43. The Morgan fingerprint density at radius 1 is 0.409 bits per heavy atom. The Morgan fingerprint density at radius 2 is 0.682 bits per heavy atom. The second-order valence-corrected chi connectivity index (χ2v) is 5.57. The van der Waals surface area contributed by atoms with Gasteiger partial charge in [0, 0.05) is 0 Å². The second-order valence-electron chi connectivity index (χ2n) is 5.57. The fourth-order valence-corrected chi connectivity index (χ4v) is 2.33. The van der Waals surface area contributed by atoms with Crippen LogP contribution < -0.4 is 16.8 Å². The van der Waals surface area contributed by atoms with Crippen LogP contribution in [-0.2, 0) is 0 Å². The summed E-state index contributed by atoms with van der Waals surface area (Å²) in [5.74, 6) is 0. The average molecular weight is 514 g/mol. The fourth-order valence-electron chi connectivity index (χ4n) is 2.33. The zero-order valence-electron chi connectivity index (χ0n) is 14.2. The first-order valence-electron chi connectivity index (χ1n) is 8.52. The molecule has 6 heteroatoms. The first kappa shape index (κ1) is 31.1. The summed E-state index contributed by atoms with van der Waals surface area (Å²) in [4.78, 5) is 0. The van der Waals surface area contributed by atoms with Crippen molar-refractivity contribution in [3.05, 3.63) is 0 Å². The summed E-state index contributed by atoms with van der Waals surface area (Å²) in [6.07, 6.45) is 15.9. The molecule has 0 rings (SSSR count). The predicted molar refractivity (Wildman–Crippen MR) is 117 cm³/mol. The molecule has 0 radical (unpaired) electrons. The largest absolute Gasteiger partial charge is 0.330 e. The van der Waals surface area contributed by atoms with E-state index in [0.717, 1.165) is 13.1 Å². The maximum Gasteiger partial charge on any atom is -0.00489 e. The summed E-state index contributed by atoms with van der Waals surface area (Å²) in [6, 6.07) is 0. The highest BCUT2D eigenvalue weighted by Gasteiger charge is 1.93. The molecule has 0 aromatic carbocycles. The minimum absolute atomic E-state index is 0. The third kappa shape index (κ3) is 29.3. The van der Waals surface area contributed by atoms with Crippen LogP contribution in [0, 0.1) is 0 Å². The van der Waals surface area contributed by atoms with Gasteiger partial charge in [-0.15, -0.1) is 50.9 Å². The van der Waals surface area contributed by atoms with Crippen LogP contribution in [-0.4, -0.2) is 26.2 Å². The molecule has 0 aliphatic carbocycles. The number of rotatable bonds is 16. The van der Waals surface area contributed by atoms with Crippen molar-refractivity contribution >= 4 is 50.9 Å². The molecule has 0 fully saturated rings. The van der Waals surface area contributed by atoms with Gasteiger partial charge in [0.15, 0.2) is 0 Å². The Hall–Kier alpha value is 1.32. The summed E-state index contributed by atoms with van der Waals surface area (Å²) >= 11 is 0. The lowest BCUT2D eigenvalue weighted by Crippen LogP contribution is -2.16. The maximum absolute atomic E-state index is 5.47. The van der Waals surface area contributed by atoms with Crippen LogP contribution >= 0.6 is 50.9 Å². The minimum atomic E-state index is 0. The van der Waals surface area contributed by atoms with Crippen LogP contribution in [0.4, 0.5) is 0 Å². The number of unbranched alkanes of at least 4 members (excludes halogenated alkanes) is 10. The van der Waals surface area contributed by atoms with Crippen molar-refractivity contribution in [3.63, 3.8) is 0 Å². The van der Waals surface area contributed by atoms with Crippen molar-refractivity contribution in [1.82, 2.24) is 5.32 Å². The van der Waals surface area contributed by atoms with Crippen molar-refractivity contribution in [2.24, 2.45) is 11.5 Å². The monoisotopic (exact) mass is 511 g/mol. The van der Waals surface area contributed by atoms with Gasteiger partial charge in [-0.05, 0) is 51.9 Å². The Balaban J connectivity index is -0.000000540. The number of hydrogen-bond donors (Lipinski definition) is 3. The number of nitrogens with one attached hydrogen (secondary N) is 1. The van der Waals surface area contributed by atoms with Crippen LogP contribution in [0.3, 0.4) is 0 Å². The van der Waals surface area contributed by atoms with Crippen LogP contribution in [0.25, 0.3) is 0 Å². The van der Waals surface area contributed by atoms with Gasteiger partial charge in [-0.2, -0.15) is 0 Å². The minimum Gasteiger partial charge on any atom is -0.330 e. The lowest BCUT2D eigenvalue weighted by molar-refractivity contribution is 0.540. The van der Waals surface area contributed by atoms with Gasteiger partial charge >= 0.3 is 0 Å². The number of halogens is 3. The van der Waals surface area contributed by atoms with E-state index in [9.17, 15) is 0 Å². The van der Waals surface area contributed by atoms with Crippen molar-refractivity contribution in [3.8, 4) is 0 Å². The molecule has 0 aliphatic rings. The van der Waals surface area contributed by atoms with E-state index in [0.29, 0.717) is 0 Å². The van der Waals surface area contributed by atoms with E-state index in [-0.39, 0.29) is 50.9 Å². The van der Waals surface area contributed by atoms with Gasteiger partial charge in [0.2, 0.25) is 0 Å². The third-order valence-corrected chi connectivity index (χ3v) is 3.62. The molecule has 0 aromatic heterocycles. The highest BCUT2D eigenvalue weighted by Crippen LogP contribution is 2.05. The van der Waals surface area contributed by atoms with E-state index in [1.807, 2.05) is 0 Å². The van der Waals surface area contributed by atoms with Gasteiger partial charge in [0.25, 0.3) is 0 Å². The molecule has 0 heterocycles. The van der Waals surface area contributed by atoms with Gasteiger partial charge in [-0.1, -0.05) is 51.4 Å². The van der Waals surface area contributed by atoms with E-state index in [1.165, 1.54) is 90.1 Å². The number of hydrogen-bond acceptors (Lipinski definition) is 3. The molecule has 0 amide bonds. The lowest BCUT2D eigenvalue weighted by atomic mass is 10.1. The van der Waals surface area contributed by atoms with E-state index in [1.54, 1.807) is 0 Å². The van der Waals surface area contributed by atoms with Gasteiger partial charge < -0.3 is 16.8 Å². The molecular weight excluding hydrogens is 474 g/mol. The van der Waals surface area contributed by atoms with Gasteiger partial charge in [-0.25, -0.2) is 0 Å². The first-order chi connectivity index (χ1) is 9.41. The molecule has 0 unspecified atom stereocenters. The molecule has 3 nitrogen and oxygen atoms in total. The summed E-state index contributed by atoms with van der Waals surface area (Å²) in [5.41, 5.74) is 10.9. The van der Waals surface area contributed by atoms with Crippen LogP contribution in [0.5, 0.6) is 0 Å². The quantitative estimate of drug-likeness (QED) is 0.257. The molecule has 0 saturated carbocycles. The van der Waals surface area contributed by atoms with Crippen molar-refractivity contribution < 1.29 is 0 Å². The summed E-state index contributed by atoms with van der Waals surface area (Å²) < 4.78 is 0. The molecule has 0 aliphatic heterocycles. The normalized spacial score (nSPS) is 9.55. The lowest BCUT2D eigenvalue weighted by Gasteiger charge is -2.05. The standard InChI is InChI=1S/C16H37N3.3BrH/c17-13-9-5-1-3-7-11-15-19-16-12-8-4-2-6-10-14-18;;;/h19H,1-18H2;3*1H. The number of nitrogens with two attached hydrogens (primary N) is 2. The molecule has 0 saturated heterocycles. The second kappa shape index (κ2) is 30.2. The zero-order chi connectivity index (χ0) is 14.0. The van der Waals surface area contributed by atoms with Crippen LogP contribution in [0.2, 0.25) is 0 Å². The smallest absolute Gasteiger partial charge is 0.00489 e. The Bertz CT molecular complexity index is 148. The molecule has 0 spiro atoms. The molecule has 0 aromatic rings. The SMILES string of the molecule is Br.Br.Br.NCCCCCCCCNCCCCCCCCN. The topological polar surface area (TPSA) is 64.1 Å². The fraction of sp³-hybridized carbons (Fsp3) is 1.00. The van der Waals surface area contributed by atoms with Gasteiger partial charge in [0.1, 0.15) is 0 Å². The summed E-state index contributed by atoms with van der Waals surface area (Å²) in [6.45, 7) is 4.11. The van der Waals surface area contributed by atoms with Crippen molar-refractivity contribution in [1.29, 1.82) is 0 Å². The summed E-state index contributed by atoms with van der Waals surface area (Å²) in [5, 5.41) is 3.55. The van der Waals surface area contributed by atoms with Crippen molar-refractivity contribution in [2.45, 2.75) is 77.0 Å². The molecule has 5 N–H and O–H groups in total. The third-order valence-electron chi connectivity index (χ3n) is 3.62. The Labute approximate surface area is 170 Å². The van der Waals surface area contributed by atoms with Gasteiger partial charge in [0.05, 0.1) is 0 Å². The molecule has 22 heavy (non-hydrogen) atoms. The molecule has 0 bridgehead atoms. The van der Waals surface area contributed by atoms with E-state index in [4.69, 9.17) is 11.5 Å². The van der Waals surface area contributed by atoms with Gasteiger partial charge in [-0.3, -0.25) is 0 Å². The highest BCUT2D eigenvalue weighted by atomic mass is 79.9. The van der Waals surface area contributed by atoms with E-state index < -0.39 is 0 Å². The highest BCUT2D eigenvalue weighted by molar-refractivity contribution is 8.93. The molecule has 140 valence electrons. The Morgan fingerprint density at radius 3 is 1.00 bits per heavy atom. The van der Waals surface area contributed by atoms with Crippen LogP contribution in [0.15, 0.2) is 0 Å². The Kier molecular flexibility index (Phi) is 42.8. The van der Waals surface area contributed by atoms with E-state index in [2.05, 4.69) is 5.32 Å². The predicted octanol–water partition coefficient (Wildman–Crippen LogP) is 4.91. The van der Waals surface area contributed by atoms with Crippen molar-refractivity contribution in [2.75, 3.05) is 26.2 Å². The van der Waals surface area contributed by atoms with Crippen LogP contribution in [0.1, 0.15) is 77.0 Å². The maximum atomic E-state index is 5.47.